The number of carbonyl (C=O) groups excluding carboxylic acids is 1. The molecule has 2 fully saturated rings. The van der Waals surface area contributed by atoms with Gasteiger partial charge in [0.25, 0.3) is 5.91 Å². The van der Waals surface area contributed by atoms with Gasteiger partial charge in [-0.05, 0) is 24.3 Å². The van der Waals surface area contributed by atoms with Crippen molar-refractivity contribution in [2.45, 2.75) is 11.4 Å². The third-order valence-corrected chi connectivity index (χ3v) is 7.59. The Kier molecular flexibility index (Phi) is 6.66. The number of rotatable bonds is 5. The lowest BCUT2D eigenvalue weighted by Crippen LogP contribution is -2.48. The van der Waals surface area contributed by atoms with E-state index in [2.05, 4.69) is 4.90 Å². The Bertz CT molecular complexity index is 1030. The molecule has 0 saturated carbocycles. The predicted octanol–water partition coefficient (Wildman–Crippen LogP) is 1.80. The topological polar surface area (TPSA) is 70.2 Å². The van der Waals surface area contributed by atoms with Crippen molar-refractivity contribution in [1.82, 2.24) is 14.1 Å². The molecule has 0 unspecified atom stereocenters. The van der Waals surface area contributed by atoms with E-state index in [1.54, 1.807) is 29.2 Å². The molecule has 1 amide bonds. The Balaban J connectivity index is 1.40. The lowest BCUT2D eigenvalue weighted by atomic mass is 10.1. The molecule has 0 atom stereocenters. The van der Waals surface area contributed by atoms with E-state index < -0.39 is 10.0 Å². The highest BCUT2D eigenvalue weighted by atomic mass is 32.2. The van der Waals surface area contributed by atoms with Crippen molar-refractivity contribution >= 4 is 15.9 Å². The minimum atomic E-state index is -3.66. The fraction of sp³-hybridized carbons (Fsp3) is 0.409. The average Bonchev–Trinajstić information content (AvgIpc) is 2.81. The van der Waals surface area contributed by atoms with E-state index in [9.17, 15) is 17.6 Å². The van der Waals surface area contributed by atoms with Crippen molar-refractivity contribution in [3.63, 3.8) is 0 Å². The van der Waals surface area contributed by atoms with Crippen molar-refractivity contribution in [1.29, 1.82) is 0 Å². The zero-order chi connectivity index (χ0) is 21.8. The van der Waals surface area contributed by atoms with E-state index in [-0.39, 0.29) is 16.6 Å². The number of piperazine rings is 1. The number of nitrogens with zero attached hydrogens (tertiary/aromatic N) is 3. The van der Waals surface area contributed by atoms with Crippen LogP contribution >= 0.6 is 0 Å². The molecule has 9 heteroatoms. The number of hydrogen-bond donors (Lipinski definition) is 0. The van der Waals surface area contributed by atoms with E-state index in [1.807, 2.05) is 6.07 Å². The summed E-state index contributed by atoms with van der Waals surface area (Å²) in [5.74, 6) is -0.413. The van der Waals surface area contributed by atoms with Crippen LogP contribution in [0.1, 0.15) is 15.9 Å². The van der Waals surface area contributed by atoms with Crippen LogP contribution in [-0.2, 0) is 21.3 Å². The van der Waals surface area contributed by atoms with Crippen LogP contribution in [-0.4, -0.2) is 80.9 Å². The largest absolute Gasteiger partial charge is 0.379 e. The highest BCUT2D eigenvalue weighted by Crippen LogP contribution is 2.20. The van der Waals surface area contributed by atoms with Gasteiger partial charge in [0.15, 0.2) is 0 Å². The van der Waals surface area contributed by atoms with E-state index in [4.69, 9.17) is 4.74 Å². The molecule has 166 valence electrons. The van der Waals surface area contributed by atoms with Crippen LogP contribution in [0.25, 0.3) is 0 Å². The molecular formula is C22H26FN3O4S. The Hall–Kier alpha value is -2.33. The second-order valence-electron chi connectivity index (χ2n) is 7.70. The number of hydrogen-bond acceptors (Lipinski definition) is 5. The van der Waals surface area contributed by atoms with Crippen LogP contribution in [0.5, 0.6) is 0 Å². The van der Waals surface area contributed by atoms with E-state index in [0.29, 0.717) is 70.2 Å². The van der Waals surface area contributed by atoms with Gasteiger partial charge >= 0.3 is 0 Å². The molecule has 0 spiro atoms. The zero-order valence-electron chi connectivity index (χ0n) is 17.2. The fourth-order valence-corrected chi connectivity index (χ4v) is 5.34. The highest BCUT2D eigenvalue weighted by molar-refractivity contribution is 7.89. The van der Waals surface area contributed by atoms with Crippen molar-refractivity contribution < 1.29 is 22.3 Å². The SMILES string of the molecule is O=C(c1cccc(S(=O)(=O)N2CCOCC2)c1)N1CCN(Cc2ccccc2F)CC1. The van der Waals surface area contributed by atoms with Gasteiger partial charge in [-0.2, -0.15) is 4.31 Å². The van der Waals surface area contributed by atoms with Crippen molar-refractivity contribution in [3.05, 3.63) is 65.5 Å². The molecule has 7 nitrogen and oxygen atoms in total. The second-order valence-corrected chi connectivity index (χ2v) is 9.64. The molecular weight excluding hydrogens is 421 g/mol. The number of carbonyl (C=O) groups is 1. The summed E-state index contributed by atoms with van der Waals surface area (Å²) in [4.78, 5) is 16.9. The lowest BCUT2D eigenvalue weighted by molar-refractivity contribution is 0.0626. The molecule has 0 radical (unpaired) electrons. The number of benzene rings is 2. The van der Waals surface area contributed by atoms with Gasteiger partial charge < -0.3 is 9.64 Å². The van der Waals surface area contributed by atoms with E-state index in [0.717, 1.165) is 0 Å². The molecule has 2 aliphatic heterocycles. The highest BCUT2D eigenvalue weighted by Gasteiger charge is 2.28. The van der Waals surface area contributed by atoms with Gasteiger partial charge in [-0.15, -0.1) is 0 Å². The molecule has 4 rings (SSSR count). The molecule has 2 saturated heterocycles. The first-order chi connectivity index (χ1) is 14.9. The molecule has 2 aliphatic rings. The molecule has 31 heavy (non-hydrogen) atoms. The van der Waals surface area contributed by atoms with Crippen LogP contribution in [0.3, 0.4) is 0 Å². The van der Waals surface area contributed by atoms with Gasteiger partial charge in [-0.1, -0.05) is 24.3 Å². The van der Waals surface area contributed by atoms with Crippen molar-refractivity contribution in [3.8, 4) is 0 Å². The number of ether oxygens (including phenoxy) is 1. The smallest absolute Gasteiger partial charge is 0.253 e. The standard InChI is InChI=1S/C22H26FN3O4S/c23-21-7-2-1-4-19(21)17-24-8-10-25(11-9-24)22(27)18-5-3-6-20(16-18)31(28,29)26-12-14-30-15-13-26/h1-7,16H,8-15,17H2. The molecule has 0 aromatic heterocycles. The Morgan fingerprint density at radius 1 is 0.935 bits per heavy atom. The van der Waals surface area contributed by atoms with Crippen LogP contribution in [0, 0.1) is 5.82 Å². The Morgan fingerprint density at radius 3 is 2.35 bits per heavy atom. The second kappa shape index (κ2) is 9.44. The van der Waals surface area contributed by atoms with E-state index >= 15 is 0 Å². The summed E-state index contributed by atoms with van der Waals surface area (Å²) >= 11 is 0. The van der Waals surface area contributed by atoms with Gasteiger partial charge in [0.2, 0.25) is 10.0 Å². The Morgan fingerprint density at radius 2 is 1.65 bits per heavy atom. The minimum absolute atomic E-state index is 0.124. The van der Waals surface area contributed by atoms with Gasteiger partial charge in [0, 0.05) is 56.9 Å². The molecule has 0 bridgehead atoms. The first-order valence-electron chi connectivity index (χ1n) is 10.4. The normalized spacial score (nSPS) is 18.8. The van der Waals surface area contributed by atoms with Crippen molar-refractivity contribution in [2.75, 3.05) is 52.5 Å². The third-order valence-electron chi connectivity index (χ3n) is 5.70. The molecule has 2 heterocycles. The number of sulfonamides is 1. The molecule has 0 N–H and O–H groups in total. The van der Waals surface area contributed by atoms with Crippen LogP contribution in [0.2, 0.25) is 0 Å². The van der Waals surface area contributed by atoms with Crippen LogP contribution in [0.15, 0.2) is 53.4 Å². The van der Waals surface area contributed by atoms with Gasteiger partial charge in [0.1, 0.15) is 5.82 Å². The fourth-order valence-electron chi connectivity index (χ4n) is 3.88. The summed E-state index contributed by atoms with van der Waals surface area (Å²) in [6.07, 6.45) is 0. The first-order valence-corrected chi connectivity index (χ1v) is 11.8. The predicted molar refractivity (Wildman–Crippen MR) is 114 cm³/mol. The van der Waals surface area contributed by atoms with Crippen LogP contribution < -0.4 is 0 Å². The lowest BCUT2D eigenvalue weighted by Gasteiger charge is -2.35. The molecule has 2 aromatic rings. The van der Waals surface area contributed by atoms with Crippen LogP contribution in [0.4, 0.5) is 4.39 Å². The van der Waals surface area contributed by atoms with Gasteiger partial charge in [0.05, 0.1) is 18.1 Å². The Labute approximate surface area is 182 Å². The summed E-state index contributed by atoms with van der Waals surface area (Å²) in [6, 6.07) is 12.9. The maximum absolute atomic E-state index is 13.9. The summed E-state index contributed by atoms with van der Waals surface area (Å²) in [5, 5.41) is 0. The number of halogens is 1. The van der Waals surface area contributed by atoms with Crippen molar-refractivity contribution in [2.24, 2.45) is 0 Å². The molecule has 2 aromatic carbocycles. The minimum Gasteiger partial charge on any atom is -0.379 e. The maximum atomic E-state index is 13.9. The van der Waals surface area contributed by atoms with E-state index in [1.165, 1.54) is 22.5 Å². The summed E-state index contributed by atoms with van der Waals surface area (Å²) in [5.41, 5.74) is 1.00. The first kappa shape index (κ1) is 21.9. The maximum Gasteiger partial charge on any atom is 0.253 e. The summed E-state index contributed by atoms with van der Waals surface area (Å²) in [6.45, 7) is 4.14. The monoisotopic (exact) mass is 447 g/mol. The van der Waals surface area contributed by atoms with Gasteiger partial charge in [-0.25, -0.2) is 12.8 Å². The summed E-state index contributed by atoms with van der Waals surface area (Å²) in [7, 11) is -3.66. The quantitative estimate of drug-likeness (QED) is 0.699. The molecule has 0 aliphatic carbocycles. The average molecular weight is 448 g/mol. The number of morpholine rings is 1. The number of amides is 1. The zero-order valence-corrected chi connectivity index (χ0v) is 18.1. The summed E-state index contributed by atoms with van der Waals surface area (Å²) < 4.78 is 46.3. The third kappa shape index (κ3) is 4.95. The van der Waals surface area contributed by atoms with Gasteiger partial charge in [-0.3, -0.25) is 9.69 Å².